The van der Waals surface area contributed by atoms with Crippen LogP contribution in [-0.2, 0) is 4.74 Å². The van der Waals surface area contributed by atoms with Crippen LogP contribution in [-0.4, -0.2) is 29.1 Å². The standard InChI is InChI=1S/C21H19N3O3/c1-21(2)13-24(20(26)27-21)16-10-8-15(9-11-16)19(25)23-17-7-3-5-14-6-4-12-22-18(14)17/h3-12H,13H2,1-2H3,(H,23,25). The van der Waals surface area contributed by atoms with Gasteiger partial charge in [0.05, 0.1) is 17.7 Å². The largest absolute Gasteiger partial charge is 0.441 e. The molecule has 0 spiro atoms. The summed E-state index contributed by atoms with van der Waals surface area (Å²) in [5.41, 5.74) is 2.08. The van der Waals surface area contributed by atoms with Crippen molar-refractivity contribution >= 4 is 34.3 Å². The van der Waals surface area contributed by atoms with Gasteiger partial charge in [-0.15, -0.1) is 0 Å². The number of aromatic nitrogens is 1. The Morgan fingerprint density at radius 1 is 1.11 bits per heavy atom. The number of carbonyl (C=O) groups excluding carboxylic acids is 2. The third kappa shape index (κ3) is 3.33. The topological polar surface area (TPSA) is 71.5 Å². The summed E-state index contributed by atoms with van der Waals surface area (Å²) in [6.07, 6.45) is 1.32. The number of benzene rings is 2. The fourth-order valence-corrected chi connectivity index (χ4v) is 3.16. The van der Waals surface area contributed by atoms with E-state index in [1.165, 1.54) is 0 Å². The number of fused-ring (bicyclic) bond motifs is 1. The Bertz CT molecular complexity index is 1020. The van der Waals surface area contributed by atoms with Crippen molar-refractivity contribution in [3.8, 4) is 0 Å². The Kier molecular flexibility index (Phi) is 4.03. The Labute approximate surface area is 156 Å². The maximum Gasteiger partial charge on any atom is 0.415 e. The van der Waals surface area contributed by atoms with Gasteiger partial charge in [0, 0.05) is 22.8 Å². The summed E-state index contributed by atoms with van der Waals surface area (Å²) >= 11 is 0. The lowest BCUT2D eigenvalue weighted by molar-refractivity contribution is 0.0870. The van der Waals surface area contributed by atoms with E-state index in [0.29, 0.717) is 23.5 Å². The second-order valence-electron chi connectivity index (χ2n) is 7.10. The Morgan fingerprint density at radius 3 is 2.56 bits per heavy atom. The molecule has 0 bridgehead atoms. The number of rotatable bonds is 3. The zero-order valence-corrected chi connectivity index (χ0v) is 15.1. The monoisotopic (exact) mass is 361 g/mol. The molecule has 1 saturated heterocycles. The summed E-state index contributed by atoms with van der Waals surface area (Å²) in [6, 6.07) is 16.3. The molecule has 6 heteroatoms. The van der Waals surface area contributed by atoms with E-state index in [4.69, 9.17) is 4.74 Å². The molecule has 3 aromatic rings. The maximum atomic E-state index is 12.6. The number of carbonyl (C=O) groups is 2. The highest BCUT2D eigenvalue weighted by Gasteiger charge is 2.38. The molecular weight excluding hydrogens is 342 g/mol. The Morgan fingerprint density at radius 2 is 1.85 bits per heavy atom. The smallest absolute Gasteiger partial charge is 0.415 e. The second-order valence-corrected chi connectivity index (χ2v) is 7.10. The molecule has 2 heterocycles. The van der Waals surface area contributed by atoms with Crippen LogP contribution in [0.1, 0.15) is 24.2 Å². The number of pyridine rings is 1. The van der Waals surface area contributed by atoms with Gasteiger partial charge in [0.25, 0.3) is 5.91 Å². The van der Waals surface area contributed by atoms with Gasteiger partial charge >= 0.3 is 6.09 Å². The molecule has 6 nitrogen and oxygen atoms in total. The van der Waals surface area contributed by atoms with Crippen LogP contribution < -0.4 is 10.2 Å². The van der Waals surface area contributed by atoms with Gasteiger partial charge in [-0.2, -0.15) is 0 Å². The van der Waals surface area contributed by atoms with Crippen molar-refractivity contribution in [2.24, 2.45) is 0 Å². The molecule has 1 aliphatic heterocycles. The van der Waals surface area contributed by atoms with Crippen LogP contribution in [0.25, 0.3) is 10.9 Å². The fourth-order valence-electron chi connectivity index (χ4n) is 3.16. The normalized spacial score (nSPS) is 15.6. The van der Waals surface area contributed by atoms with Crippen molar-refractivity contribution in [2.75, 3.05) is 16.8 Å². The third-order valence-electron chi connectivity index (χ3n) is 4.44. The van der Waals surface area contributed by atoms with Gasteiger partial charge in [-0.1, -0.05) is 18.2 Å². The van der Waals surface area contributed by atoms with Gasteiger partial charge in [0.15, 0.2) is 0 Å². The molecule has 1 aromatic heterocycles. The first-order valence-electron chi connectivity index (χ1n) is 8.69. The number of hydrogen-bond donors (Lipinski definition) is 1. The third-order valence-corrected chi connectivity index (χ3v) is 4.44. The molecule has 0 radical (unpaired) electrons. The SMILES string of the molecule is CC1(C)CN(c2ccc(C(=O)Nc3cccc4cccnc34)cc2)C(=O)O1. The zero-order valence-electron chi connectivity index (χ0n) is 15.1. The molecule has 4 rings (SSSR count). The molecular formula is C21H19N3O3. The molecule has 0 unspecified atom stereocenters. The summed E-state index contributed by atoms with van der Waals surface area (Å²) in [4.78, 5) is 30.5. The molecule has 136 valence electrons. The van der Waals surface area contributed by atoms with Crippen molar-refractivity contribution in [2.45, 2.75) is 19.4 Å². The lowest BCUT2D eigenvalue weighted by Gasteiger charge is -2.16. The van der Waals surface area contributed by atoms with Crippen LogP contribution >= 0.6 is 0 Å². The zero-order chi connectivity index (χ0) is 19.0. The lowest BCUT2D eigenvalue weighted by atomic mass is 10.1. The first-order chi connectivity index (χ1) is 12.9. The molecule has 0 saturated carbocycles. The summed E-state index contributed by atoms with van der Waals surface area (Å²) in [7, 11) is 0. The summed E-state index contributed by atoms with van der Waals surface area (Å²) < 4.78 is 5.31. The van der Waals surface area contributed by atoms with Gasteiger partial charge in [-0.05, 0) is 50.2 Å². The number of para-hydroxylation sites is 1. The van der Waals surface area contributed by atoms with E-state index in [0.717, 1.165) is 10.9 Å². The predicted octanol–water partition coefficient (Wildman–Crippen LogP) is 4.22. The van der Waals surface area contributed by atoms with Crippen LogP contribution in [0.5, 0.6) is 0 Å². The minimum Gasteiger partial charge on any atom is -0.441 e. The summed E-state index contributed by atoms with van der Waals surface area (Å²) in [5, 5.41) is 3.86. The maximum absolute atomic E-state index is 12.6. The predicted molar refractivity (Wildman–Crippen MR) is 104 cm³/mol. The van der Waals surface area contributed by atoms with E-state index in [9.17, 15) is 9.59 Å². The average Bonchev–Trinajstić information content (AvgIpc) is 2.94. The van der Waals surface area contributed by atoms with Gasteiger partial charge in [-0.25, -0.2) is 4.79 Å². The van der Waals surface area contributed by atoms with Crippen molar-refractivity contribution < 1.29 is 14.3 Å². The minimum absolute atomic E-state index is 0.232. The molecule has 0 aliphatic carbocycles. The van der Waals surface area contributed by atoms with Crippen molar-refractivity contribution in [3.05, 3.63) is 66.4 Å². The first kappa shape index (κ1) is 17.0. The molecule has 0 atom stereocenters. The number of amides is 2. The molecule has 27 heavy (non-hydrogen) atoms. The number of hydrogen-bond acceptors (Lipinski definition) is 4. The van der Waals surface area contributed by atoms with Crippen LogP contribution in [0.2, 0.25) is 0 Å². The number of anilines is 2. The highest BCUT2D eigenvalue weighted by atomic mass is 16.6. The van der Waals surface area contributed by atoms with Crippen LogP contribution in [0.15, 0.2) is 60.8 Å². The second kappa shape index (κ2) is 6.39. The van der Waals surface area contributed by atoms with E-state index in [2.05, 4.69) is 10.3 Å². The number of nitrogens with zero attached hydrogens (tertiary/aromatic N) is 2. The van der Waals surface area contributed by atoms with E-state index in [1.807, 2.05) is 44.2 Å². The quantitative estimate of drug-likeness (QED) is 0.758. The van der Waals surface area contributed by atoms with Crippen molar-refractivity contribution in [1.82, 2.24) is 4.98 Å². The molecule has 1 aliphatic rings. The molecule has 1 fully saturated rings. The highest BCUT2D eigenvalue weighted by Crippen LogP contribution is 2.28. The van der Waals surface area contributed by atoms with Gasteiger partial charge < -0.3 is 10.1 Å². The van der Waals surface area contributed by atoms with Crippen LogP contribution in [0, 0.1) is 0 Å². The molecule has 2 aromatic carbocycles. The minimum atomic E-state index is -0.519. The van der Waals surface area contributed by atoms with E-state index in [1.54, 1.807) is 35.4 Å². The van der Waals surface area contributed by atoms with Crippen LogP contribution in [0.4, 0.5) is 16.2 Å². The van der Waals surface area contributed by atoms with Crippen LogP contribution in [0.3, 0.4) is 0 Å². The number of cyclic esters (lactones) is 1. The average molecular weight is 361 g/mol. The Balaban J connectivity index is 1.54. The van der Waals surface area contributed by atoms with E-state index in [-0.39, 0.29) is 12.0 Å². The molecule has 1 N–H and O–H groups in total. The number of ether oxygens (including phenoxy) is 1. The van der Waals surface area contributed by atoms with Crippen molar-refractivity contribution in [1.29, 1.82) is 0 Å². The van der Waals surface area contributed by atoms with Gasteiger partial charge in [0.1, 0.15) is 5.60 Å². The van der Waals surface area contributed by atoms with E-state index >= 15 is 0 Å². The lowest BCUT2D eigenvalue weighted by Crippen LogP contribution is -2.28. The highest BCUT2D eigenvalue weighted by molar-refractivity contribution is 6.08. The number of nitrogens with one attached hydrogen (secondary N) is 1. The molecule has 2 amide bonds. The van der Waals surface area contributed by atoms with Crippen molar-refractivity contribution in [3.63, 3.8) is 0 Å². The van der Waals surface area contributed by atoms with Gasteiger partial charge in [0.2, 0.25) is 0 Å². The fraction of sp³-hybridized carbons (Fsp3) is 0.190. The summed E-state index contributed by atoms with van der Waals surface area (Å²) in [6.45, 7) is 4.20. The van der Waals surface area contributed by atoms with Gasteiger partial charge in [-0.3, -0.25) is 14.7 Å². The summed E-state index contributed by atoms with van der Waals surface area (Å²) in [5.74, 6) is -0.232. The van der Waals surface area contributed by atoms with E-state index < -0.39 is 5.60 Å². The first-order valence-corrected chi connectivity index (χ1v) is 8.69. The Hall–Kier alpha value is -3.41.